The Hall–Kier alpha value is -1.73. The van der Waals surface area contributed by atoms with Crippen molar-refractivity contribution in [2.45, 2.75) is 25.2 Å². The molecule has 1 unspecified atom stereocenters. The zero-order valence-electron chi connectivity index (χ0n) is 15.8. The molecule has 27 heavy (non-hydrogen) atoms. The summed E-state index contributed by atoms with van der Waals surface area (Å²) in [7, 11) is -3.30. The Kier molecular flexibility index (Phi) is 7.01. The van der Waals surface area contributed by atoms with Crippen molar-refractivity contribution >= 4 is 10.0 Å². The van der Waals surface area contributed by atoms with E-state index in [9.17, 15) is 8.42 Å². The van der Waals surface area contributed by atoms with Gasteiger partial charge < -0.3 is 4.74 Å². The summed E-state index contributed by atoms with van der Waals surface area (Å²) in [6.45, 7) is 5.75. The van der Waals surface area contributed by atoms with Crippen LogP contribution in [-0.2, 0) is 20.5 Å². The van der Waals surface area contributed by atoms with Gasteiger partial charge in [0.1, 0.15) is 0 Å². The molecule has 1 heterocycles. The van der Waals surface area contributed by atoms with Gasteiger partial charge in [0.15, 0.2) is 0 Å². The molecule has 5 nitrogen and oxygen atoms in total. The summed E-state index contributed by atoms with van der Waals surface area (Å²) in [5, 5.41) is 0. The first-order valence-electron chi connectivity index (χ1n) is 9.44. The van der Waals surface area contributed by atoms with Crippen LogP contribution in [0.5, 0.6) is 0 Å². The number of aryl methyl sites for hydroxylation is 1. The largest absolute Gasteiger partial charge is 0.371 e. The molecule has 3 rings (SSSR count). The summed E-state index contributed by atoms with van der Waals surface area (Å²) in [4.78, 5) is 2.34. The number of hydrogen-bond donors (Lipinski definition) is 1. The van der Waals surface area contributed by atoms with Gasteiger partial charge in [0.05, 0.1) is 18.5 Å². The van der Waals surface area contributed by atoms with Crippen molar-refractivity contribution in [2.75, 3.05) is 32.8 Å². The second-order valence-corrected chi connectivity index (χ2v) is 8.87. The molecule has 2 aromatic carbocycles. The Labute approximate surface area is 162 Å². The maximum Gasteiger partial charge on any atom is 0.215 e. The summed E-state index contributed by atoms with van der Waals surface area (Å²) in [5.41, 5.74) is 3.14. The van der Waals surface area contributed by atoms with E-state index in [1.54, 1.807) is 0 Å². The Balaban J connectivity index is 1.41. The lowest BCUT2D eigenvalue weighted by atomic mass is 10.1. The molecule has 0 saturated carbocycles. The first kappa shape index (κ1) is 20.0. The quantitative estimate of drug-likeness (QED) is 0.707. The lowest BCUT2D eigenvalue weighted by Crippen LogP contribution is -2.39. The highest BCUT2D eigenvalue weighted by Crippen LogP contribution is 2.21. The summed E-state index contributed by atoms with van der Waals surface area (Å²) in [6.07, 6.45) is 0.882. The number of hydrogen-bond acceptors (Lipinski definition) is 4. The van der Waals surface area contributed by atoms with Gasteiger partial charge in [-0.15, -0.1) is 0 Å². The summed E-state index contributed by atoms with van der Waals surface area (Å²) in [6, 6.07) is 17.9. The van der Waals surface area contributed by atoms with Crippen LogP contribution in [-0.4, -0.2) is 46.1 Å². The lowest BCUT2D eigenvalue weighted by molar-refractivity contribution is -0.0300. The molecule has 1 saturated heterocycles. The van der Waals surface area contributed by atoms with Gasteiger partial charge in [-0.25, -0.2) is 13.1 Å². The van der Waals surface area contributed by atoms with E-state index in [2.05, 4.69) is 21.8 Å². The van der Waals surface area contributed by atoms with Gasteiger partial charge in [-0.3, -0.25) is 4.90 Å². The average molecular weight is 389 g/mol. The van der Waals surface area contributed by atoms with E-state index in [0.717, 1.165) is 37.2 Å². The molecule has 2 aromatic rings. The van der Waals surface area contributed by atoms with E-state index in [1.165, 1.54) is 5.56 Å². The first-order valence-corrected chi connectivity index (χ1v) is 11.1. The number of nitrogens with one attached hydrogen (secondary N) is 1. The highest BCUT2D eigenvalue weighted by Gasteiger charge is 2.21. The minimum atomic E-state index is -3.30. The monoisotopic (exact) mass is 388 g/mol. The summed E-state index contributed by atoms with van der Waals surface area (Å²) in [5.74, 6) is 0.0287. The zero-order chi connectivity index (χ0) is 19.1. The topological polar surface area (TPSA) is 58.6 Å². The van der Waals surface area contributed by atoms with Gasteiger partial charge in [-0.2, -0.15) is 0 Å². The molecule has 0 bridgehead atoms. The summed E-state index contributed by atoms with van der Waals surface area (Å²) >= 11 is 0. The van der Waals surface area contributed by atoms with Crippen molar-refractivity contribution in [2.24, 2.45) is 0 Å². The minimum absolute atomic E-state index is 0.0287. The van der Waals surface area contributed by atoms with E-state index < -0.39 is 10.0 Å². The predicted molar refractivity (Wildman–Crippen MR) is 108 cm³/mol. The van der Waals surface area contributed by atoms with Crippen LogP contribution in [0.4, 0.5) is 0 Å². The van der Waals surface area contributed by atoms with Crippen molar-refractivity contribution < 1.29 is 13.2 Å². The molecule has 0 spiro atoms. The molecule has 0 radical (unpaired) electrons. The van der Waals surface area contributed by atoms with Crippen molar-refractivity contribution in [1.29, 1.82) is 0 Å². The maximum atomic E-state index is 12.2. The fourth-order valence-electron chi connectivity index (χ4n) is 3.26. The van der Waals surface area contributed by atoms with Crippen LogP contribution in [0.3, 0.4) is 0 Å². The number of benzene rings is 2. The van der Waals surface area contributed by atoms with Crippen LogP contribution in [0.15, 0.2) is 54.6 Å². The highest BCUT2D eigenvalue weighted by molar-refractivity contribution is 7.88. The Morgan fingerprint density at radius 3 is 2.59 bits per heavy atom. The molecule has 1 fully saturated rings. The lowest BCUT2D eigenvalue weighted by Gasteiger charge is -2.33. The molecule has 0 amide bonds. The van der Waals surface area contributed by atoms with E-state index in [4.69, 9.17) is 4.74 Å². The number of nitrogens with zero attached hydrogens (tertiary/aromatic N) is 1. The number of sulfonamides is 1. The van der Waals surface area contributed by atoms with E-state index in [-0.39, 0.29) is 11.9 Å². The molecule has 1 aliphatic rings. The van der Waals surface area contributed by atoms with Gasteiger partial charge in [0.25, 0.3) is 0 Å². The predicted octanol–water partition coefficient (Wildman–Crippen LogP) is 2.88. The van der Waals surface area contributed by atoms with E-state index in [1.807, 2.05) is 49.4 Å². The Morgan fingerprint density at radius 2 is 1.85 bits per heavy atom. The molecular weight excluding hydrogens is 360 g/mol. The smallest absolute Gasteiger partial charge is 0.215 e. The van der Waals surface area contributed by atoms with Gasteiger partial charge in [-0.1, -0.05) is 60.2 Å². The SMILES string of the molecule is Cc1ccc(CS(=O)(=O)NCCCN2CCOC(c3ccccc3)C2)cc1. The molecule has 1 aliphatic heterocycles. The van der Waals surface area contributed by atoms with Crippen molar-refractivity contribution in [3.63, 3.8) is 0 Å². The zero-order valence-corrected chi connectivity index (χ0v) is 16.6. The van der Waals surface area contributed by atoms with Gasteiger partial charge in [0, 0.05) is 19.6 Å². The van der Waals surface area contributed by atoms with Crippen LogP contribution < -0.4 is 4.72 Å². The number of ether oxygens (including phenoxy) is 1. The van der Waals surface area contributed by atoms with Crippen molar-refractivity contribution in [3.05, 3.63) is 71.3 Å². The Bertz CT molecular complexity index is 807. The fraction of sp³-hybridized carbons (Fsp3) is 0.429. The second kappa shape index (κ2) is 9.46. The molecule has 6 heteroatoms. The third-order valence-electron chi connectivity index (χ3n) is 4.77. The molecule has 0 aliphatic carbocycles. The van der Waals surface area contributed by atoms with Crippen LogP contribution in [0.1, 0.15) is 29.2 Å². The van der Waals surface area contributed by atoms with Crippen LogP contribution in [0.2, 0.25) is 0 Å². The van der Waals surface area contributed by atoms with E-state index in [0.29, 0.717) is 13.2 Å². The van der Waals surface area contributed by atoms with E-state index >= 15 is 0 Å². The first-order chi connectivity index (χ1) is 13.0. The maximum absolute atomic E-state index is 12.2. The third kappa shape index (κ3) is 6.43. The number of rotatable bonds is 8. The molecule has 146 valence electrons. The second-order valence-electron chi connectivity index (χ2n) is 7.06. The van der Waals surface area contributed by atoms with Crippen molar-refractivity contribution in [1.82, 2.24) is 9.62 Å². The van der Waals surface area contributed by atoms with Gasteiger partial charge >= 0.3 is 0 Å². The fourth-order valence-corrected chi connectivity index (χ4v) is 4.45. The molecule has 0 aromatic heterocycles. The standard InChI is InChI=1S/C21H28N2O3S/c1-18-8-10-19(11-9-18)17-27(24,25)22-12-5-13-23-14-15-26-21(16-23)20-6-3-2-4-7-20/h2-4,6-11,21-22H,5,12-17H2,1H3. The average Bonchev–Trinajstić information content (AvgIpc) is 2.68. The van der Waals surface area contributed by atoms with Crippen LogP contribution in [0.25, 0.3) is 0 Å². The molecule has 1 atom stereocenters. The third-order valence-corrected chi connectivity index (χ3v) is 6.13. The molecular formula is C21H28N2O3S. The number of morpholine rings is 1. The van der Waals surface area contributed by atoms with Crippen LogP contribution >= 0.6 is 0 Å². The molecule has 1 N–H and O–H groups in total. The van der Waals surface area contributed by atoms with Gasteiger partial charge in [0.2, 0.25) is 10.0 Å². The minimum Gasteiger partial charge on any atom is -0.371 e. The van der Waals surface area contributed by atoms with Gasteiger partial charge in [-0.05, 0) is 31.0 Å². The van der Waals surface area contributed by atoms with Crippen molar-refractivity contribution in [3.8, 4) is 0 Å². The summed E-state index contributed by atoms with van der Waals surface area (Å²) < 4.78 is 33.1. The highest BCUT2D eigenvalue weighted by atomic mass is 32.2. The Morgan fingerprint density at radius 1 is 1.11 bits per heavy atom. The van der Waals surface area contributed by atoms with Crippen LogP contribution in [0, 0.1) is 6.92 Å². The normalized spacial score (nSPS) is 18.5.